The van der Waals surface area contributed by atoms with Crippen molar-refractivity contribution in [2.45, 2.75) is 38.3 Å². The van der Waals surface area contributed by atoms with E-state index >= 15 is 0 Å². The molecule has 1 saturated heterocycles. The Bertz CT molecular complexity index is 334. The largest absolute Gasteiger partial charge is 0.479 e. The second-order valence-corrected chi connectivity index (χ2v) is 4.98. The van der Waals surface area contributed by atoms with Crippen LogP contribution in [0.5, 0.6) is 0 Å². The van der Waals surface area contributed by atoms with Crippen molar-refractivity contribution in [2.24, 2.45) is 5.92 Å². The van der Waals surface area contributed by atoms with E-state index in [2.05, 4.69) is 12.2 Å². The summed E-state index contributed by atoms with van der Waals surface area (Å²) in [6.45, 7) is 3.01. The van der Waals surface area contributed by atoms with E-state index in [-0.39, 0.29) is 25.2 Å². The molecular weight excluding hydrogens is 236 g/mol. The fourth-order valence-corrected chi connectivity index (χ4v) is 2.35. The van der Waals surface area contributed by atoms with E-state index in [4.69, 9.17) is 9.84 Å². The number of hydrogen-bond donors (Lipinski definition) is 2. The Morgan fingerprint density at radius 1 is 1.50 bits per heavy atom. The Labute approximate surface area is 106 Å². The standard InChI is InChI=1S/C12H20N2O4/c1-2-3-8-6-9(8)13-12(17)14-4-5-18-10(7-14)11(15)16/h8-10H,2-7H2,1H3,(H,13,17)(H,15,16). The molecule has 6 heteroatoms. The van der Waals surface area contributed by atoms with E-state index in [1.807, 2.05) is 0 Å². The Balaban J connectivity index is 1.77. The first kappa shape index (κ1) is 13.1. The monoisotopic (exact) mass is 256 g/mol. The summed E-state index contributed by atoms with van der Waals surface area (Å²) in [5, 5.41) is 11.8. The Morgan fingerprint density at radius 2 is 2.28 bits per heavy atom. The number of rotatable bonds is 4. The smallest absolute Gasteiger partial charge is 0.334 e. The van der Waals surface area contributed by atoms with Gasteiger partial charge in [0.15, 0.2) is 6.10 Å². The maximum Gasteiger partial charge on any atom is 0.334 e. The molecule has 3 unspecified atom stereocenters. The number of carbonyl (C=O) groups excluding carboxylic acids is 1. The highest BCUT2D eigenvalue weighted by Crippen LogP contribution is 2.34. The summed E-state index contributed by atoms with van der Waals surface area (Å²) in [6, 6.07) is 0.122. The van der Waals surface area contributed by atoms with Crippen molar-refractivity contribution in [1.82, 2.24) is 10.2 Å². The summed E-state index contributed by atoms with van der Waals surface area (Å²) in [5.41, 5.74) is 0. The van der Waals surface area contributed by atoms with E-state index in [1.54, 1.807) is 0 Å². The SMILES string of the molecule is CCCC1CC1NC(=O)N1CCOC(C(=O)O)C1. The Kier molecular flexibility index (Phi) is 4.06. The van der Waals surface area contributed by atoms with Crippen LogP contribution < -0.4 is 5.32 Å². The maximum absolute atomic E-state index is 11.9. The van der Waals surface area contributed by atoms with Crippen molar-refractivity contribution in [1.29, 1.82) is 0 Å². The van der Waals surface area contributed by atoms with Crippen LogP contribution in [0.2, 0.25) is 0 Å². The number of morpholine rings is 1. The normalized spacial score (nSPS) is 30.9. The number of carbonyl (C=O) groups is 2. The van der Waals surface area contributed by atoms with Crippen LogP contribution in [-0.4, -0.2) is 53.8 Å². The molecule has 1 aliphatic carbocycles. The molecule has 0 radical (unpaired) electrons. The zero-order valence-electron chi connectivity index (χ0n) is 10.6. The third-order valence-corrected chi connectivity index (χ3v) is 3.52. The fourth-order valence-electron chi connectivity index (χ4n) is 2.35. The van der Waals surface area contributed by atoms with Crippen LogP contribution in [0.25, 0.3) is 0 Å². The summed E-state index contributed by atoms with van der Waals surface area (Å²) in [4.78, 5) is 24.3. The lowest BCUT2D eigenvalue weighted by atomic mass is 10.2. The molecule has 0 aromatic heterocycles. The fraction of sp³-hybridized carbons (Fsp3) is 0.833. The number of carboxylic acids is 1. The van der Waals surface area contributed by atoms with Gasteiger partial charge in [-0.05, 0) is 18.8 Å². The Hall–Kier alpha value is -1.30. The predicted molar refractivity (Wildman–Crippen MR) is 64.3 cm³/mol. The summed E-state index contributed by atoms with van der Waals surface area (Å²) in [7, 11) is 0. The van der Waals surface area contributed by atoms with Gasteiger partial charge in [0.05, 0.1) is 13.2 Å². The van der Waals surface area contributed by atoms with Crippen molar-refractivity contribution in [2.75, 3.05) is 19.7 Å². The lowest BCUT2D eigenvalue weighted by Gasteiger charge is -2.30. The molecule has 1 aliphatic heterocycles. The number of nitrogens with one attached hydrogen (secondary N) is 1. The highest BCUT2D eigenvalue weighted by Gasteiger charge is 2.39. The first-order chi connectivity index (χ1) is 8.61. The molecule has 1 saturated carbocycles. The quantitative estimate of drug-likeness (QED) is 0.775. The second kappa shape index (κ2) is 5.56. The minimum Gasteiger partial charge on any atom is -0.479 e. The van der Waals surface area contributed by atoms with Gasteiger partial charge in [0.1, 0.15) is 0 Å². The van der Waals surface area contributed by atoms with Crippen LogP contribution in [0.15, 0.2) is 0 Å². The van der Waals surface area contributed by atoms with Crippen LogP contribution >= 0.6 is 0 Å². The lowest BCUT2D eigenvalue weighted by molar-refractivity contribution is -0.154. The average molecular weight is 256 g/mol. The molecule has 3 atom stereocenters. The van der Waals surface area contributed by atoms with Crippen molar-refractivity contribution in [3.8, 4) is 0 Å². The maximum atomic E-state index is 11.9. The van der Waals surface area contributed by atoms with E-state index in [0.717, 1.165) is 19.3 Å². The third-order valence-electron chi connectivity index (χ3n) is 3.52. The highest BCUT2D eigenvalue weighted by atomic mass is 16.5. The van der Waals surface area contributed by atoms with Crippen molar-refractivity contribution in [3.05, 3.63) is 0 Å². The molecule has 18 heavy (non-hydrogen) atoms. The van der Waals surface area contributed by atoms with Gasteiger partial charge in [0.2, 0.25) is 0 Å². The summed E-state index contributed by atoms with van der Waals surface area (Å²) in [5.74, 6) is -0.405. The second-order valence-electron chi connectivity index (χ2n) is 4.98. The average Bonchev–Trinajstić information content (AvgIpc) is 3.08. The molecule has 6 nitrogen and oxygen atoms in total. The number of amides is 2. The number of ether oxygens (including phenoxy) is 1. The van der Waals surface area contributed by atoms with Crippen LogP contribution in [-0.2, 0) is 9.53 Å². The number of hydrogen-bond acceptors (Lipinski definition) is 3. The van der Waals surface area contributed by atoms with Gasteiger partial charge in [-0.1, -0.05) is 13.3 Å². The van der Waals surface area contributed by atoms with Gasteiger partial charge >= 0.3 is 12.0 Å². The molecule has 102 valence electrons. The van der Waals surface area contributed by atoms with Gasteiger partial charge in [0.25, 0.3) is 0 Å². The first-order valence-corrected chi connectivity index (χ1v) is 6.51. The van der Waals surface area contributed by atoms with Gasteiger partial charge in [0, 0.05) is 12.6 Å². The predicted octanol–water partition coefficient (Wildman–Crippen LogP) is 0.670. The highest BCUT2D eigenvalue weighted by molar-refractivity contribution is 5.77. The minimum absolute atomic E-state index is 0.131. The number of urea groups is 1. The van der Waals surface area contributed by atoms with E-state index in [1.165, 1.54) is 4.90 Å². The summed E-state index contributed by atoms with van der Waals surface area (Å²) < 4.78 is 5.08. The Morgan fingerprint density at radius 3 is 2.94 bits per heavy atom. The third kappa shape index (κ3) is 3.13. The van der Waals surface area contributed by atoms with Crippen molar-refractivity contribution >= 4 is 12.0 Å². The molecule has 2 amide bonds. The van der Waals surface area contributed by atoms with Crippen molar-refractivity contribution in [3.63, 3.8) is 0 Å². The van der Waals surface area contributed by atoms with E-state index in [0.29, 0.717) is 12.5 Å². The van der Waals surface area contributed by atoms with E-state index < -0.39 is 12.1 Å². The summed E-state index contributed by atoms with van der Waals surface area (Å²) in [6.07, 6.45) is 2.43. The van der Waals surface area contributed by atoms with E-state index in [9.17, 15) is 9.59 Å². The molecule has 2 aliphatic rings. The summed E-state index contributed by atoms with van der Waals surface area (Å²) >= 11 is 0. The van der Waals surface area contributed by atoms with Gasteiger partial charge in [-0.2, -0.15) is 0 Å². The first-order valence-electron chi connectivity index (χ1n) is 6.51. The van der Waals surface area contributed by atoms with Gasteiger partial charge in [-0.3, -0.25) is 0 Å². The molecular formula is C12H20N2O4. The van der Waals surface area contributed by atoms with Gasteiger partial charge in [-0.15, -0.1) is 0 Å². The number of aliphatic carboxylic acids is 1. The van der Waals surface area contributed by atoms with Gasteiger partial charge < -0.3 is 20.1 Å². The molecule has 2 fully saturated rings. The topological polar surface area (TPSA) is 78.9 Å². The number of carboxylic acid groups (broad SMARTS) is 1. The van der Waals surface area contributed by atoms with Crippen LogP contribution in [0.3, 0.4) is 0 Å². The van der Waals surface area contributed by atoms with Crippen molar-refractivity contribution < 1.29 is 19.4 Å². The molecule has 0 spiro atoms. The number of nitrogens with zero attached hydrogens (tertiary/aromatic N) is 1. The van der Waals surface area contributed by atoms with Crippen LogP contribution in [0, 0.1) is 5.92 Å². The molecule has 2 N–H and O–H groups in total. The van der Waals surface area contributed by atoms with Crippen LogP contribution in [0.1, 0.15) is 26.2 Å². The molecule has 2 rings (SSSR count). The molecule has 0 aromatic rings. The van der Waals surface area contributed by atoms with Gasteiger partial charge in [-0.25, -0.2) is 9.59 Å². The molecule has 0 bridgehead atoms. The zero-order chi connectivity index (χ0) is 13.1. The minimum atomic E-state index is -1.01. The lowest BCUT2D eigenvalue weighted by Crippen LogP contribution is -2.52. The zero-order valence-corrected chi connectivity index (χ0v) is 10.6. The van der Waals surface area contributed by atoms with Crippen LogP contribution in [0.4, 0.5) is 4.79 Å². The molecule has 1 heterocycles. The molecule has 0 aromatic carbocycles.